The molecule has 0 N–H and O–H groups in total. The summed E-state index contributed by atoms with van der Waals surface area (Å²) in [6, 6.07) is 92.4. The first-order chi connectivity index (χ1) is 34.4. The molecule has 13 rings (SSSR count). The predicted octanol–water partition coefficient (Wildman–Crippen LogP) is 18.5. The van der Waals surface area contributed by atoms with Crippen molar-refractivity contribution in [2.45, 2.75) is 31.6 Å². The average molecular weight is 915 g/mol. The van der Waals surface area contributed by atoms with E-state index in [0.29, 0.717) is 0 Å². The molecule has 3 heteroatoms. The van der Waals surface area contributed by atoms with Crippen LogP contribution in [0.5, 0.6) is 0 Å². The van der Waals surface area contributed by atoms with Gasteiger partial charge in [-0.1, -0.05) is 209 Å². The van der Waals surface area contributed by atoms with Gasteiger partial charge in [0.1, 0.15) is 5.00 Å². The van der Waals surface area contributed by atoms with Gasteiger partial charge in [-0.05, 0) is 127 Å². The second kappa shape index (κ2) is 16.5. The van der Waals surface area contributed by atoms with Crippen molar-refractivity contribution in [3.63, 3.8) is 0 Å². The second-order valence-corrected chi connectivity index (χ2v) is 20.7. The molecule has 334 valence electrons. The molecule has 70 heavy (non-hydrogen) atoms. The van der Waals surface area contributed by atoms with Crippen molar-refractivity contribution < 1.29 is 0 Å². The molecule has 0 atom stereocenters. The average Bonchev–Trinajstić information content (AvgIpc) is 4.11. The zero-order valence-electron chi connectivity index (χ0n) is 39.5. The van der Waals surface area contributed by atoms with Crippen molar-refractivity contribution in [1.82, 2.24) is 4.57 Å². The normalized spacial score (nSPS) is 12.9. The highest BCUT2D eigenvalue weighted by Gasteiger charge is 2.46. The first kappa shape index (κ1) is 41.9. The third-order valence-electron chi connectivity index (χ3n) is 14.7. The summed E-state index contributed by atoms with van der Waals surface area (Å²) in [6.07, 6.45) is 0. The van der Waals surface area contributed by atoms with E-state index in [1.807, 2.05) is 11.3 Å². The number of fused-ring (bicyclic) bond motifs is 7. The largest absolute Gasteiger partial charge is 0.309 e. The molecule has 0 unspecified atom stereocenters. The number of thiophene rings is 1. The first-order valence-corrected chi connectivity index (χ1v) is 25.1. The summed E-state index contributed by atoms with van der Waals surface area (Å²) in [6.45, 7) is 6.84. The molecule has 2 nitrogen and oxygen atoms in total. The lowest BCUT2D eigenvalue weighted by atomic mass is 9.67. The number of anilines is 3. The standard InChI is InChI=1S/C67H50N2S/c1-66(2,3)47-32-34-50(35-33-47)69(65-42-41-64(70-65)45-19-7-4-8-20-45)62-40-38-52(53-25-13-14-27-56(53)62)46-31-39-63-58(43-46)57-28-16-18-30-61(57)68(63)51-36-37-55-54-26-15-17-29-59(54)67(60(55)44-51,48-21-9-5-10-22-48)49-23-11-6-12-24-49/h4-44H,1-3H3. The summed E-state index contributed by atoms with van der Waals surface area (Å²) in [5.74, 6) is 0. The molecule has 0 saturated carbocycles. The van der Waals surface area contributed by atoms with E-state index in [1.54, 1.807) is 0 Å². The maximum Gasteiger partial charge on any atom is 0.101 e. The molecule has 0 bridgehead atoms. The van der Waals surface area contributed by atoms with Gasteiger partial charge in [0.15, 0.2) is 0 Å². The maximum atomic E-state index is 2.48. The zero-order valence-corrected chi connectivity index (χ0v) is 40.3. The molecular formula is C67H50N2S. The fourth-order valence-corrected chi connectivity index (χ4v) is 12.5. The van der Waals surface area contributed by atoms with Crippen LogP contribution in [0.1, 0.15) is 48.6 Å². The quantitative estimate of drug-likeness (QED) is 0.147. The Hall–Kier alpha value is -8.24. The third-order valence-corrected chi connectivity index (χ3v) is 15.8. The van der Waals surface area contributed by atoms with E-state index in [1.165, 1.54) is 98.1 Å². The zero-order chi connectivity index (χ0) is 47.0. The summed E-state index contributed by atoms with van der Waals surface area (Å²) >= 11 is 1.83. The van der Waals surface area contributed by atoms with Crippen molar-refractivity contribution in [1.29, 1.82) is 0 Å². The van der Waals surface area contributed by atoms with Crippen LogP contribution in [0.15, 0.2) is 249 Å². The highest BCUT2D eigenvalue weighted by molar-refractivity contribution is 7.19. The minimum atomic E-state index is -0.483. The van der Waals surface area contributed by atoms with Crippen LogP contribution in [0.25, 0.3) is 71.0 Å². The van der Waals surface area contributed by atoms with Gasteiger partial charge < -0.3 is 9.47 Å². The number of rotatable bonds is 8. The van der Waals surface area contributed by atoms with Gasteiger partial charge in [0.2, 0.25) is 0 Å². The summed E-state index contributed by atoms with van der Waals surface area (Å²) in [5.41, 5.74) is 18.1. The summed E-state index contributed by atoms with van der Waals surface area (Å²) in [7, 11) is 0. The molecule has 1 aliphatic rings. The lowest BCUT2D eigenvalue weighted by molar-refractivity contribution is 0.590. The summed E-state index contributed by atoms with van der Waals surface area (Å²) in [4.78, 5) is 3.70. The van der Waals surface area contributed by atoms with E-state index in [-0.39, 0.29) is 5.41 Å². The molecule has 0 saturated heterocycles. The van der Waals surface area contributed by atoms with Crippen LogP contribution in [0.2, 0.25) is 0 Å². The van der Waals surface area contributed by atoms with Crippen molar-refractivity contribution in [3.8, 4) is 38.4 Å². The fraction of sp³-hybridized carbons (Fsp3) is 0.0746. The van der Waals surface area contributed by atoms with E-state index in [2.05, 4.69) is 279 Å². The Labute approximate surface area is 414 Å². The van der Waals surface area contributed by atoms with Crippen LogP contribution in [0, 0.1) is 0 Å². The van der Waals surface area contributed by atoms with Crippen molar-refractivity contribution in [2.24, 2.45) is 0 Å². The van der Waals surface area contributed by atoms with Crippen LogP contribution in [0.3, 0.4) is 0 Å². The molecule has 0 radical (unpaired) electrons. The SMILES string of the molecule is CC(C)(C)c1ccc(N(c2ccc(-c3ccccc3)s2)c2ccc(-c3ccc4c(c3)c3ccccc3n4-c3ccc4c(c3)C(c3ccccc3)(c3ccccc3)c3ccccc3-4)c3ccccc23)cc1. The van der Waals surface area contributed by atoms with E-state index in [9.17, 15) is 0 Å². The van der Waals surface area contributed by atoms with Crippen molar-refractivity contribution in [2.75, 3.05) is 4.90 Å². The summed E-state index contributed by atoms with van der Waals surface area (Å²) < 4.78 is 2.48. The van der Waals surface area contributed by atoms with E-state index >= 15 is 0 Å². The Morgan fingerprint density at radius 1 is 0.414 bits per heavy atom. The van der Waals surface area contributed by atoms with E-state index < -0.39 is 5.41 Å². The molecule has 2 aromatic heterocycles. The number of hydrogen-bond acceptors (Lipinski definition) is 2. The fourth-order valence-electron chi connectivity index (χ4n) is 11.4. The van der Waals surface area contributed by atoms with Crippen LogP contribution in [-0.2, 0) is 10.8 Å². The van der Waals surface area contributed by atoms with E-state index in [0.717, 1.165) is 17.1 Å². The Morgan fingerprint density at radius 2 is 1.01 bits per heavy atom. The topological polar surface area (TPSA) is 8.17 Å². The van der Waals surface area contributed by atoms with Gasteiger partial charge in [0.25, 0.3) is 0 Å². The van der Waals surface area contributed by atoms with Crippen LogP contribution in [0.4, 0.5) is 16.4 Å². The van der Waals surface area contributed by atoms with E-state index in [4.69, 9.17) is 0 Å². The van der Waals surface area contributed by atoms with Gasteiger partial charge in [-0.25, -0.2) is 0 Å². The van der Waals surface area contributed by atoms with Gasteiger partial charge in [-0.2, -0.15) is 0 Å². The van der Waals surface area contributed by atoms with Gasteiger partial charge in [-0.3, -0.25) is 0 Å². The van der Waals surface area contributed by atoms with Crippen molar-refractivity contribution in [3.05, 3.63) is 277 Å². The number of benzene rings is 10. The smallest absolute Gasteiger partial charge is 0.101 e. The monoisotopic (exact) mass is 914 g/mol. The van der Waals surface area contributed by atoms with Crippen LogP contribution in [-0.4, -0.2) is 4.57 Å². The minimum absolute atomic E-state index is 0.0544. The molecular weight excluding hydrogens is 865 g/mol. The molecule has 12 aromatic rings. The first-order valence-electron chi connectivity index (χ1n) is 24.3. The Kier molecular flexibility index (Phi) is 9.86. The highest BCUT2D eigenvalue weighted by atomic mass is 32.1. The van der Waals surface area contributed by atoms with Crippen LogP contribution < -0.4 is 4.90 Å². The minimum Gasteiger partial charge on any atom is -0.309 e. The third kappa shape index (κ3) is 6.60. The Morgan fingerprint density at radius 3 is 1.74 bits per heavy atom. The van der Waals surface area contributed by atoms with Gasteiger partial charge >= 0.3 is 0 Å². The lowest BCUT2D eigenvalue weighted by Gasteiger charge is -2.34. The molecule has 0 amide bonds. The molecule has 0 aliphatic heterocycles. The second-order valence-electron chi connectivity index (χ2n) is 19.7. The molecule has 2 heterocycles. The molecule has 10 aromatic carbocycles. The number of hydrogen-bond donors (Lipinski definition) is 0. The Balaban J connectivity index is 0.968. The predicted molar refractivity (Wildman–Crippen MR) is 298 cm³/mol. The van der Waals surface area contributed by atoms with Gasteiger partial charge in [-0.15, -0.1) is 11.3 Å². The van der Waals surface area contributed by atoms with Gasteiger partial charge in [0.05, 0.1) is 22.1 Å². The number of para-hydroxylation sites is 1. The number of aromatic nitrogens is 1. The van der Waals surface area contributed by atoms with Crippen LogP contribution >= 0.6 is 11.3 Å². The number of nitrogens with zero attached hydrogens (tertiary/aromatic N) is 2. The van der Waals surface area contributed by atoms with Crippen molar-refractivity contribution >= 4 is 60.3 Å². The molecule has 0 fully saturated rings. The highest BCUT2D eigenvalue weighted by Crippen LogP contribution is 2.57. The summed E-state index contributed by atoms with van der Waals surface area (Å²) in [5, 5.41) is 6.06. The lowest BCUT2D eigenvalue weighted by Crippen LogP contribution is -2.28. The molecule has 1 aliphatic carbocycles. The maximum absolute atomic E-state index is 2.48. The van der Waals surface area contributed by atoms with Gasteiger partial charge in [0, 0.05) is 32.4 Å². The molecule has 0 spiro atoms. The Bertz CT molecular complexity index is 3870.